The van der Waals surface area contributed by atoms with Crippen molar-refractivity contribution in [2.45, 2.75) is 31.9 Å². The molecule has 0 spiro atoms. The van der Waals surface area contributed by atoms with Gasteiger partial charge in [-0.15, -0.1) is 0 Å². The monoisotopic (exact) mass is 347 g/mol. The Hall–Kier alpha value is -0.0600. The zero-order valence-corrected chi connectivity index (χ0v) is 12.3. The van der Waals surface area contributed by atoms with E-state index in [-0.39, 0.29) is 0 Å². The molecule has 4 heteroatoms. The van der Waals surface area contributed by atoms with E-state index < -0.39 is 0 Å². The van der Waals surface area contributed by atoms with Crippen molar-refractivity contribution in [1.29, 1.82) is 0 Å². The lowest BCUT2D eigenvalue weighted by molar-refractivity contribution is 0.0232. The van der Waals surface area contributed by atoms with Crippen LogP contribution in [0.25, 0.3) is 0 Å². The molecule has 1 aliphatic heterocycles. The van der Waals surface area contributed by atoms with Crippen LogP contribution in [0, 0.1) is 0 Å². The molecule has 1 saturated heterocycles. The summed E-state index contributed by atoms with van der Waals surface area (Å²) < 4.78 is 7.74. The van der Waals surface area contributed by atoms with Gasteiger partial charge in [-0.2, -0.15) is 0 Å². The van der Waals surface area contributed by atoms with E-state index in [4.69, 9.17) is 4.74 Å². The molecule has 0 saturated carbocycles. The minimum Gasteiger partial charge on any atom is -0.380 e. The zero-order valence-electron chi connectivity index (χ0n) is 9.17. The van der Waals surface area contributed by atoms with E-state index in [9.17, 15) is 0 Å². The molecule has 1 heterocycles. The number of hydrogen-bond acceptors (Lipinski definition) is 2. The fourth-order valence-electron chi connectivity index (χ4n) is 1.97. The highest BCUT2D eigenvalue weighted by molar-refractivity contribution is 9.11. The van der Waals surface area contributed by atoms with Gasteiger partial charge in [0.25, 0.3) is 0 Å². The van der Waals surface area contributed by atoms with Gasteiger partial charge in [-0.1, -0.05) is 6.07 Å². The lowest BCUT2D eigenvalue weighted by Gasteiger charge is -2.29. The lowest BCUT2D eigenvalue weighted by atomic mass is 10.0. The standard InChI is InChI=1S/C12H15Br2NO/c1-8-7-9(5-6-16-8)15-12-10(13)3-2-4-11(12)14/h2-4,8-9,15H,5-7H2,1H3. The first-order chi connectivity index (χ1) is 7.66. The van der Waals surface area contributed by atoms with Crippen molar-refractivity contribution >= 4 is 37.5 Å². The number of benzene rings is 1. The van der Waals surface area contributed by atoms with Gasteiger partial charge in [-0.3, -0.25) is 0 Å². The van der Waals surface area contributed by atoms with Crippen molar-refractivity contribution in [2.75, 3.05) is 11.9 Å². The Morgan fingerprint density at radius 3 is 2.62 bits per heavy atom. The fourth-order valence-corrected chi connectivity index (χ4v) is 3.20. The van der Waals surface area contributed by atoms with Crippen LogP contribution in [0.3, 0.4) is 0 Å². The van der Waals surface area contributed by atoms with E-state index >= 15 is 0 Å². The second-order valence-electron chi connectivity index (χ2n) is 4.14. The van der Waals surface area contributed by atoms with Crippen molar-refractivity contribution in [3.05, 3.63) is 27.1 Å². The largest absolute Gasteiger partial charge is 0.380 e. The number of anilines is 1. The molecule has 1 aromatic carbocycles. The predicted octanol–water partition coefficient (Wildman–Crippen LogP) is 4.19. The van der Waals surface area contributed by atoms with Gasteiger partial charge in [0.2, 0.25) is 0 Å². The molecule has 0 radical (unpaired) electrons. The van der Waals surface area contributed by atoms with Crippen LogP contribution in [0.2, 0.25) is 0 Å². The van der Waals surface area contributed by atoms with E-state index in [1.54, 1.807) is 0 Å². The number of halogens is 2. The van der Waals surface area contributed by atoms with Crippen LogP contribution in [0.15, 0.2) is 27.1 Å². The van der Waals surface area contributed by atoms with Crippen molar-refractivity contribution in [2.24, 2.45) is 0 Å². The normalized spacial score (nSPS) is 25.4. The van der Waals surface area contributed by atoms with Crippen LogP contribution in [-0.4, -0.2) is 18.8 Å². The predicted molar refractivity (Wildman–Crippen MR) is 73.9 cm³/mol. The molecule has 1 N–H and O–H groups in total. The fraction of sp³-hybridized carbons (Fsp3) is 0.500. The molecule has 2 rings (SSSR count). The zero-order chi connectivity index (χ0) is 11.5. The maximum atomic E-state index is 5.54. The summed E-state index contributed by atoms with van der Waals surface area (Å²) in [5.41, 5.74) is 1.14. The topological polar surface area (TPSA) is 21.3 Å². The van der Waals surface area contributed by atoms with Gasteiger partial charge in [0.05, 0.1) is 11.8 Å². The first-order valence-electron chi connectivity index (χ1n) is 5.49. The third-order valence-corrected chi connectivity index (χ3v) is 4.12. The van der Waals surface area contributed by atoms with E-state index in [0.717, 1.165) is 34.1 Å². The van der Waals surface area contributed by atoms with E-state index in [0.29, 0.717) is 12.1 Å². The van der Waals surface area contributed by atoms with Crippen molar-refractivity contribution < 1.29 is 4.74 Å². The second-order valence-corrected chi connectivity index (χ2v) is 5.85. The van der Waals surface area contributed by atoms with Crippen LogP contribution in [0.4, 0.5) is 5.69 Å². The maximum absolute atomic E-state index is 5.54. The third kappa shape index (κ3) is 2.99. The summed E-state index contributed by atoms with van der Waals surface area (Å²) in [4.78, 5) is 0. The van der Waals surface area contributed by atoms with Gasteiger partial charge in [-0.05, 0) is 63.8 Å². The molecule has 88 valence electrons. The Bertz CT molecular complexity index is 350. The van der Waals surface area contributed by atoms with Crippen molar-refractivity contribution in [3.8, 4) is 0 Å². The molecule has 0 bridgehead atoms. The van der Waals surface area contributed by atoms with Crippen LogP contribution in [0.5, 0.6) is 0 Å². The maximum Gasteiger partial charge on any atom is 0.0631 e. The van der Waals surface area contributed by atoms with Gasteiger partial charge in [-0.25, -0.2) is 0 Å². The Morgan fingerprint density at radius 2 is 2.00 bits per heavy atom. The summed E-state index contributed by atoms with van der Waals surface area (Å²) in [6.45, 7) is 2.98. The summed E-state index contributed by atoms with van der Waals surface area (Å²) in [7, 11) is 0. The Labute approximate surface area is 113 Å². The highest BCUT2D eigenvalue weighted by Gasteiger charge is 2.20. The third-order valence-electron chi connectivity index (χ3n) is 2.80. The molecule has 0 amide bonds. The molecule has 0 aliphatic carbocycles. The van der Waals surface area contributed by atoms with Gasteiger partial charge in [0.1, 0.15) is 0 Å². The quantitative estimate of drug-likeness (QED) is 0.865. The summed E-state index contributed by atoms with van der Waals surface area (Å²) >= 11 is 7.13. The summed E-state index contributed by atoms with van der Waals surface area (Å²) in [5.74, 6) is 0. The Morgan fingerprint density at radius 1 is 1.31 bits per heavy atom. The average Bonchev–Trinajstić information content (AvgIpc) is 2.24. The molecule has 1 aromatic rings. The summed E-state index contributed by atoms with van der Waals surface area (Å²) in [5, 5.41) is 3.57. The van der Waals surface area contributed by atoms with Crippen LogP contribution in [-0.2, 0) is 4.74 Å². The number of ether oxygens (including phenoxy) is 1. The van der Waals surface area contributed by atoms with Crippen LogP contribution >= 0.6 is 31.9 Å². The van der Waals surface area contributed by atoms with Crippen molar-refractivity contribution in [3.63, 3.8) is 0 Å². The molecule has 0 aromatic heterocycles. The minimum absolute atomic E-state index is 0.354. The molecule has 2 nitrogen and oxygen atoms in total. The Kier molecular flexibility index (Phi) is 4.27. The van der Waals surface area contributed by atoms with Crippen molar-refractivity contribution in [1.82, 2.24) is 0 Å². The second kappa shape index (κ2) is 5.52. The molecule has 1 fully saturated rings. The van der Waals surface area contributed by atoms with E-state index in [1.165, 1.54) is 0 Å². The van der Waals surface area contributed by atoms with Gasteiger partial charge in [0, 0.05) is 21.6 Å². The van der Waals surface area contributed by atoms with Crippen LogP contribution < -0.4 is 5.32 Å². The number of hydrogen-bond donors (Lipinski definition) is 1. The summed E-state index contributed by atoms with van der Waals surface area (Å²) in [6, 6.07) is 6.62. The lowest BCUT2D eigenvalue weighted by Crippen LogP contribution is -2.32. The van der Waals surface area contributed by atoms with Gasteiger partial charge >= 0.3 is 0 Å². The minimum atomic E-state index is 0.354. The molecule has 2 atom stereocenters. The molecule has 16 heavy (non-hydrogen) atoms. The van der Waals surface area contributed by atoms with Crippen LogP contribution in [0.1, 0.15) is 19.8 Å². The van der Waals surface area contributed by atoms with E-state index in [2.05, 4.69) is 56.2 Å². The number of nitrogens with one attached hydrogen (secondary N) is 1. The first-order valence-corrected chi connectivity index (χ1v) is 7.07. The SMILES string of the molecule is CC1CC(Nc2c(Br)cccc2Br)CCO1. The van der Waals surface area contributed by atoms with Gasteiger partial charge < -0.3 is 10.1 Å². The molecular formula is C12H15Br2NO. The van der Waals surface area contributed by atoms with Gasteiger partial charge in [0.15, 0.2) is 0 Å². The molecule has 2 unspecified atom stereocenters. The first kappa shape index (κ1) is 12.4. The highest BCUT2D eigenvalue weighted by Crippen LogP contribution is 2.32. The number of para-hydroxylation sites is 1. The smallest absolute Gasteiger partial charge is 0.0631 e. The number of rotatable bonds is 2. The average molecular weight is 349 g/mol. The van der Waals surface area contributed by atoms with E-state index in [1.807, 2.05) is 6.07 Å². The molecular weight excluding hydrogens is 334 g/mol. The summed E-state index contributed by atoms with van der Waals surface area (Å²) in [6.07, 6.45) is 2.49. The molecule has 1 aliphatic rings. The highest BCUT2D eigenvalue weighted by atomic mass is 79.9. The Balaban J connectivity index is 2.08.